The molecule has 1 aromatic rings. The zero-order chi connectivity index (χ0) is 9.90. The smallest absolute Gasteiger partial charge is 0.216 e. The van der Waals surface area contributed by atoms with Gasteiger partial charge in [0.2, 0.25) is 5.88 Å². The highest BCUT2D eigenvalue weighted by molar-refractivity contribution is 5.12. The Balaban J connectivity index is 2.55. The molecule has 0 radical (unpaired) electrons. The predicted molar refractivity (Wildman–Crippen MR) is 50.5 cm³/mol. The molecular weight excluding hydrogens is 166 g/mol. The normalized spacial score (nSPS) is 11.4. The molecule has 4 nitrogen and oxygen atoms in total. The van der Waals surface area contributed by atoms with E-state index in [-0.39, 0.29) is 5.54 Å². The Kier molecular flexibility index (Phi) is 2.83. The first-order valence-corrected chi connectivity index (χ1v) is 4.18. The average Bonchev–Trinajstić information content (AvgIpc) is 2.00. The van der Waals surface area contributed by atoms with Crippen LogP contribution in [0.1, 0.15) is 19.5 Å². The third-order valence-electron chi connectivity index (χ3n) is 1.37. The van der Waals surface area contributed by atoms with Crippen LogP contribution in [0.5, 0.6) is 5.88 Å². The molecule has 4 heteroatoms. The van der Waals surface area contributed by atoms with Crippen molar-refractivity contribution in [2.24, 2.45) is 5.73 Å². The van der Waals surface area contributed by atoms with Gasteiger partial charge in [0, 0.05) is 17.3 Å². The lowest BCUT2D eigenvalue weighted by Gasteiger charge is -2.18. The van der Waals surface area contributed by atoms with Gasteiger partial charge < -0.3 is 10.5 Å². The second-order valence-corrected chi connectivity index (χ2v) is 3.77. The largest absolute Gasteiger partial charge is 0.476 e. The molecule has 1 aromatic heterocycles. The molecule has 0 aliphatic rings. The molecule has 0 fully saturated rings. The Labute approximate surface area is 78.1 Å². The van der Waals surface area contributed by atoms with Crippen molar-refractivity contribution in [1.82, 2.24) is 9.97 Å². The van der Waals surface area contributed by atoms with Crippen LogP contribution in [0.4, 0.5) is 0 Å². The molecule has 2 N–H and O–H groups in total. The van der Waals surface area contributed by atoms with E-state index < -0.39 is 0 Å². The van der Waals surface area contributed by atoms with Crippen LogP contribution in [0.2, 0.25) is 0 Å². The third-order valence-corrected chi connectivity index (χ3v) is 1.37. The number of nitrogens with zero attached hydrogens (tertiary/aromatic N) is 2. The third kappa shape index (κ3) is 3.85. The van der Waals surface area contributed by atoms with Crippen molar-refractivity contribution in [3.05, 3.63) is 18.1 Å². The van der Waals surface area contributed by atoms with Gasteiger partial charge in [-0.05, 0) is 20.8 Å². The van der Waals surface area contributed by atoms with E-state index in [2.05, 4.69) is 9.97 Å². The van der Waals surface area contributed by atoms with Crippen LogP contribution in [0.25, 0.3) is 0 Å². The number of hydrogen-bond acceptors (Lipinski definition) is 4. The molecule has 0 spiro atoms. The molecule has 0 bridgehead atoms. The lowest BCUT2D eigenvalue weighted by molar-refractivity contribution is 0.234. The van der Waals surface area contributed by atoms with E-state index in [1.165, 1.54) is 6.33 Å². The number of nitrogens with two attached hydrogens (primary N) is 1. The van der Waals surface area contributed by atoms with E-state index in [4.69, 9.17) is 10.5 Å². The first kappa shape index (κ1) is 9.92. The minimum absolute atomic E-state index is 0.334. The van der Waals surface area contributed by atoms with E-state index >= 15 is 0 Å². The van der Waals surface area contributed by atoms with Gasteiger partial charge >= 0.3 is 0 Å². The van der Waals surface area contributed by atoms with Gasteiger partial charge in [-0.1, -0.05) is 0 Å². The summed E-state index contributed by atoms with van der Waals surface area (Å²) < 4.78 is 5.38. The highest BCUT2D eigenvalue weighted by Crippen LogP contribution is 2.07. The summed E-state index contributed by atoms with van der Waals surface area (Å²) in [5.41, 5.74) is 6.31. The lowest BCUT2D eigenvalue weighted by Crippen LogP contribution is -2.38. The summed E-state index contributed by atoms with van der Waals surface area (Å²) in [6.07, 6.45) is 1.48. The number of rotatable bonds is 3. The van der Waals surface area contributed by atoms with Crippen molar-refractivity contribution >= 4 is 0 Å². The summed E-state index contributed by atoms with van der Waals surface area (Å²) in [6, 6.07) is 1.78. The van der Waals surface area contributed by atoms with Crippen molar-refractivity contribution in [1.29, 1.82) is 0 Å². The van der Waals surface area contributed by atoms with Crippen LogP contribution in [0.15, 0.2) is 12.4 Å². The minimum Gasteiger partial charge on any atom is -0.476 e. The quantitative estimate of drug-likeness (QED) is 0.752. The van der Waals surface area contributed by atoms with Crippen LogP contribution in [0.3, 0.4) is 0 Å². The van der Waals surface area contributed by atoms with Crippen LogP contribution >= 0.6 is 0 Å². The highest BCUT2D eigenvalue weighted by Gasteiger charge is 2.11. The number of aryl methyl sites for hydroxylation is 1. The van der Waals surface area contributed by atoms with Gasteiger partial charge in [-0.2, -0.15) is 0 Å². The SMILES string of the molecule is Cc1cc(OCC(C)(C)N)ncn1. The maximum Gasteiger partial charge on any atom is 0.216 e. The number of hydrogen-bond donors (Lipinski definition) is 1. The van der Waals surface area contributed by atoms with E-state index in [9.17, 15) is 0 Å². The standard InChI is InChI=1S/C9H15N3O/c1-7-4-8(12-6-11-7)13-5-9(2,3)10/h4,6H,5,10H2,1-3H3. The van der Waals surface area contributed by atoms with Gasteiger partial charge in [-0.15, -0.1) is 0 Å². The van der Waals surface area contributed by atoms with E-state index in [1.54, 1.807) is 6.07 Å². The molecule has 0 saturated carbocycles. The molecule has 0 aromatic carbocycles. The van der Waals surface area contributed by atoms with Crippen LogP contribution in [-0.2, 0) is 0 Å². The Bertz CT molecular complexity index is 280. The molecule has 0 aliphatic carbocycles. The van der Waals surface area contributed by atoms with Gasteiger partial charge in [-0.25, -0.2) is 9.97 Å². The molecule has 0 saturated heterocycles. The summed E-state index contributed by atoms with van der Waals surface area (Å²) in [5, 5.41) is 0. The summed E-state index contributed by atoms with van der Waals surface area (Å²) in [5.74, 6) is 0.575. The van der Waals surface area contributed by atoms with E-state index in [0.717, 1.165) is 5.69 Å². The Morgan fingerprint density at radius 1 is 1.46 bits per heavy atom. The summed E-state index contributed by atoms with van der Waals surface area (Å²) in [7, 11) is 0. The molecular formula is C9H15N3O. The van der Waals surface area contributed by atoms with Gasteiger partial charge in [0.25, 0.3) is 0 Å². The summed E-state index contributed by atoms with van der Waals surface area (Å²) in [6.45, 7) is 6.15. The van der Waals surface area contributed by atoms with Crippen molar-refractivity contribution in [2.75, 3.05) is 6.61 Å². The van der Waals surface area contributed by atoms with E-state index in [0.29, 0.717) is 12.5 Å². The second kappa shape index (κ2) is 3.70. The topological polar surface area (TPSA) is 61.0 Å². The minimum atomic E-state index is -0.334. The van der Waals surface area contributed by atoms with Gasteiger partial charge in [0.1, 0.15) is 12.9 Å². The van der Waals surface area contributed by atoms with Crippen LogP contribution in [-0.4, -0.2) is 22.1 Å². The highest BCUT2D eigenvalue weighted by atomic mass is 16.5. The average molecular weight is 181 g/mol. The molecule has 0 unspecified atom stereocenters. The van der Waals surface area contributed by atoms with E-state index in [1.807, 2.05) is 20.8 Å². The monoisotopic (exact) mass is 181 g/mol. The van der Waals surface area contributed by atoms with Crippen LogP contribution in [0, 0.1) is 6.92 Å². The first-order valence-electron chi connectivity index (χ1n) is 4.18. The fourth-order valence-corrected chi connectivity index (χ4v) is 0.769. The van der Waals surface area contributed by atoms with Gasteiger partial charge in [0.15, 0.2) is 0 Å². The molecule has 0 atom stereocenters. The molecule has 0 aliphatic heterocycles. The molecule has 0 amide bonds. The van der Waals surface area contributed by atoms with Gasteiger partial charge in [-0.3, -0.25) is 0 Å². The Morgan fingerprint density at radius 3 is 2.69 bits per heavy atom. The van der Waals surface area contributed by atoms with Gasteiger partial charge in [0.05, 0.1) is 0 Å². The van der Waals surface area contributed by atoms with Crippen molar-refractivity contribution in [3.8, 4) is 5.88 Å². The number of ether oxygens (including phenoxy) is 1. The van der Waals surface area contributed by atoms with Crippen LogP contribution < -0.4 is 10.5 Å². The first-order chi connectivity index (χ1) is 5.97. The lowest BCUT2D eigenvalue weighted by atomic mass is 10.1. The fraction of sp³-hybridized carbons (Fsp3) is 0.556. The molecule has 1 heterocycles. The second-order valence-electron chi connectivity index (χ2n) is 3.77. The zero-order valence-electron chi connectivity index (χ0n) is 8.24. The maximum absolute atomic E-state index is 5.75. The summed E-state index contributed by atoms with van der Waals surface area (Å²) >= 11 is 0. The molecule has 1 rings (SSSR count). The number of aromatic nitrogens is 2. The van der Waals surface area contributed by atoms with Crippen molar-refractivity contribution in [3.63, 3.8) is 0 Å². The fourth-order valence-electron chi connectivity index (χ4n) is 0.769. The zero-order valence-corrected chi connectivity index (χ0v) is 8.24. The predicted octanol–water partition coefficient (Wildman–Crippen LogP) is 0.901. The maximum atomic E-state index is 5.75. The Hall–Kier alpha value is -1.16. The molecule has 72 valence electrons. The molecule has 13 heavy (non-hydrogen) atoms. The summed E-state index contributed by atoms with van der Waals surface area (Å²) in [4.78, 5) is 7.92. The Morgan fingerprint density at radius 2 is 2.15 bits per heavy atom. The van der Waals surface area contributed by atoms with Crippen molar-refractivity contribution in [2.45, 2.75) is 26.3 Å². The van der Waals surface area contributed by atoms with Crippen molar-refractivity contribution < 1.29 is 4.74 Å².